The smallest absolute Gasteiger partial charge is 0.338 e. The van der Waals surface area contributed by atoms with Gasteiger partial charge in [0.1, 0.15) is 12.7 Å². The van der Waals surface area contributed by atoms with E-state index in [1.807, 2.05) is 0 Å². The second kappa shape index (κ2) is 13.8. The third-order valence-electron chi connectivity index (χ3n) is 7.97. The zero-order valence-electron chi connectivity index (χ0n) is 25.3. The summed E-state index contributed by atoms with van der Waals surface area (Å²) in [6.45, 7) is -0.346. The number of aromatic nitrogens is 3. The van der Waals surface area contributed by atoms with Crippen molar-refractivity contribution in [2.75, 3.05) is 6.61 Å². The largest absolute Gasteiger partial charge is 0.459 e. The lowest BCUT2D eigenvalue weighted by atomic mass is 10.1. The molecule has 3 heterocycles. The van der Waals surface area contributed by atoms with E-state index in [0.717, 1.165) is 0 Å². The Morgan fingerprint density at radius 1 is 0.755 bits per heavy atom. The van der Waals surface area contributed by atoms with Gasteiger partial charge >= 0.3 is 17.9 Å². The number of halogens is 2. The van der Waals surface area contributed by atoms with Crippen molar-refractivity contribution < 1.29 is 33.3 Å². The summed E-state index contributed by atoms with van der Waals surface area (Å²) in [6, 6.07) is 30.2. The van der Waals surface area contributed by atoms with E-state index in [0.29, 0.717) is 37.7 Å². The van der Waals surface area contributed by atoms with Crippen LogP contribution in [0, 0.1) is 4.77 Å². The zero-order chi connectivity index (χ0) is 34.1. The lowest BCUT2D eigenvalue weighted by Gasteiger charge is -2.25. The molecular formula is C36H25Cl2N3O7S. The van der Waals surface area contributed by atoms with E-state index in [4.69, 9.17) is 54.4 Å². The van der Waals surface area contributed by atoms with Gasteiger partial charge in [-0.05, 0) is 66.8 Å². The second-order valence-electron chi connectivity index (χ2n) is 11.1. The fourth-order valence-electron chi connectivity index (χ4n) is 5.62. The number of hydrogen-bond acceptors (Lipinski definition) is 9. The van der Waals surface area contributed by atoms with Gasteiger partial charge in [0.25, 0.3) is 0 Å². The first-order chi connectivity index (χ1) is 23.8. The quantitative estimate of drug-likeness (QED) is 0.0958. The number of rotatable bonds is 8. The molecule has 13 heteroatoms. The van der Waals surface area contributed by atoms with Crippen molar-refractivity contribution in [2.24, 2.45) is 0 Å². The van der Waals surface area contributed by atoms with Crippen LogP contribution in [-0.2, 0) is 18.9 Å². The van der Waals surface area contributed by atoms with E-state index in [1.54, 1.807) is 114 Å². The fourth-order valence-corrected chi connectivity index (χ4v) is 6.25. The predicted octanol–water partition coefficient (Wildman–Crippen LogP) is 7.76. The summed E-state index contributed by atoms with van der Waals surface area (Å²) in [6.07, 6.45) is -4.77. The highest BCUT2D eigenvalue weighted by molar-refractivity contribution is 7.71. The highest BCUT2D eigenvalue weighted by Gasteiger charge is 2.52. The number of fused-ring (bicyclic) bond motifs is 2. The maximum Gasteiger partial charge on any atom is 0.338 e. The van der Waals surface area contributed by atoms with Crippen LogP contribution in [0.2, 0.25) is 10.0 Å². The molecule has 1 aliphatic heterocycles. The maximum absolute atomic E-state index is 13.6. The first kappa shape index (κ1) is 32.5. The lowest BCUT2D eigenvalue weighted by Crippen LogP contribution is -2.41. The number of pyridine rings is 1. The number of carbonyl (C=O) groups excluding carboxylic acids is 3. The van der Waals surface area contributed by atoms with Gasteiger partial charge in [-0.3, -0.25) is 4.57 Å². The van der Waals surface area contributed by atoms with Crippen LogP contribution in [0.3, 0.4) is 0 Å². The molecule has 0 bridgehead atoms. The molecule has 0 aliphatic carbocycles. The van der Waals surface area contributed by atoms with Crippen molar-refractivity contribution in [3.63, 3.8) is 0 Å². The number of nitrogens with one attached hydrogen (secondary N) is 1. The van der Waals surface area contributed by atoms with Gasteiger partial charge in [-0.15, -0.1) is 0 Å². The van der Waals surface area contributed by atoms with Crippen LogP contribution >= 0.6 is 35.4 Å². The number of H-pyrrole nitrogens is 1. The molecule has 49 heavy (non-hydrogen) atoms. The summed E-state index contributed by atoms with van der Waals surface area (Å²) >= 11 is 18.3. The molecule has 2 aromatic heterocycles. The van der Waals surface area contributed by atoms with Crippen LogP contribution in [0.15, 0.2) is 109 Å². The Labute approximate surface area is 294 Å². The molecule has 6 aromatic rings. The van der Waals surface area contributed by atoms with Crippen LogP contribution < -0.4 is 0 Å². The van der Waals surface area contributed by atoms with Gasteiger partial charge < -0.3 is 23.9 Å². The Bertz CT molecular complexity index is 2250. The first-order valence-corrected chi connectivity index (χ1v) is 16.2. The average molecular weight is 715 g/mol. The summed E-state index contributed by atoms with van der Waals surface area (Å²) in [7, 11) is 0. The summed E-state index contributed by atoms with van der Waals surface area (Å²) < 4.78 is 26.1. The molecule has 246 valence electrons. The van der Waals surface area contributed by atoms with E-state index < -0.39 is 42.4 Å². The molecule has 1 N–H and O–H groups in total. The van der Waals surface area contributed by atoms with Gasteiger partial charge in [0, 0.05) is 5.39 Å². The van der Waals surface area contributed by atoms with Crippen molar-refractivity contribution in [1.82, 2.24) is 14.5 Å². The van der Waals surface area contributed by atoms with Crippen LogP contribution in [0.4, 0.5) is 0 Å². The molecule has 10 nitrogen and oxygen atoms in total. The Kier molecular flexibility index (Phi) is 9.15. The average Bonchev–Trinajstić information content (AvgIpc) is 3.61. The SMILES string of the molecule is O=C(OC[C@H]1O[C@@H](n2c(=S)[nH]c3nc4cc(Cl)c(Cl)cc4cc32)[C@H](OC(=O)c2ccccc2)[C@@H]1OC(=O)c1ccccc1)c1ccccc1. The van der Waals surface area contributed by atoms with Gasteiger partial charge in [-0.2, -0.15) is 0 Å². The monoisotopic (exact) mass is 713 g/mol. The summed E-state index contributed by atoms with van der Waals surface area (Å²) in [5.41, 5.74) is 2.27. The van der Waals surface area contributed by atoms with E-state index >= 15 is 0 Å². The standard InChI is InChI=1S/C36H25Cl2N3O7S/c37-24-16-23-17-27-31(39-26(23)18-25(24)38)40-36(49)41(27)32-30(48-35(44)22-14-8-3-9-15-22)29(47-34(43)21-12-6-2-7-13-21)28(46-32)19-45-33(42)20-10-4-1-5-11-20/h1-18,28-30,32H,19H2,(H,39,40,49)/t28-,29-,30-,32-/m1/s1. The first-order valence-electron chi connectivity index (χ1n) is 15.1. The predicted molar refractivity (Wildman–Crippen MR) is 184 cm³/mol. The topological polar surface area (TPSA) is 122 Å². The van der Waals surface area contributed by atoms with Gasteiger partial charge in [0.05, 0.1) is 37.8 Å². The Morgan fingerprint density at radius 2 is 1.29 bits per heavy atom. The summed E-state index contributed by atoms with van der Waals surface area (Å²) in [5.74, 6) is -2.01. The Morgan fingerprint density at radius 3 is 1.88 bits per heavy atom. The molecule has 1 fully saturated rings. The fraction of sp³-hybridized carbons (Fsp3) is 0.139. The van der Waals surface area contributed by atoms with Gasteiger partial charge in [-0.25, -0.2) is 19.4 Å². The molecule has 4 aromatic carbocycles. The number of nitrogens with zero attached hydrogens (tertiary/aromatic N) is 2. The van der Waals surface area contributed by atoms with Gasteiger partial charge in [0.15, 0.2) is 28.9 Å². The molecule has 0 spiro atoms. The summed E-state index contributed by atoms with van der Waals surface area (Å²) in [5, 5.41) is 1.32. The number of ether oxygens (including phenoxy) is 4. The van der Waals surface area contributed by atoms with E-state index in [1.165, 1.54) is 0 Å². The highest BCUT2D eigenvalue weighted by Crippen LogP contribution is 2.38. The number of carbonyl (C=O) groups is 3. The van der Waals surface area contributed by atoms with Crippen LogP contribution in [-0.4, -0.2) is 57.4 Å². The molecule has 1 aliphatic rings. The van der Waals surface area contributed by atoms with Crippen LogP contribution in [0.1, 0.15) is 37.3 Å². The van der Waals surface area contributed by atoms with E-state index in [9.17, 15) is 14.4 Å². The van der Waals surface area contributed by atoms with Crippen LogP contribution in [0.5, 0.6) is 0 Å². The normalized spacial score (nSPS) is 18.7. The number of imidazole rings is 1. The minimum absolute atomic E-state index is 0.177. The van der Waals surface area contributed by atoms with Crippen LogP contribution in [0.25, 0.3) is 22.1 Å². The number of benzene rings is 4. The number of esters is 3. The zero-order valence-corrected chi connectivity index (χ0v) is 27.7. The molecule has 1 saturated heterocycles. The molecule has 0 saturated carbocycles. The third kappa shape index (κ3) is 6.66. The van der Waals surface area contributed by atoms with Crippen molar-refractivity contribution >= 4 is 75.4 Å². The van der Waals surface area contributed by atoms with Crippen molar-refractivity contribution in [2.45, 2.75) is 24.5 Å². The molecule has 0 unspecified atom stereocenters. The Balaban J connectivity index is 1.32. The van der Waals surface area contributed by atoms with Crippen molar-refractivity contribution in [3.05, 3.63) is 141 Å². The van der Waals surface area contributed by atoms with Gasteiger partial charge in [0.2, 0.25) is 0 Å². The van der Waals surface area contributed by atoms with E-state index in [-0.39, 0.29) is 22.5 Å². The highest BCUT2D eigenvalue weighted by atomic mass is 35.5. The minimum Gasteiger partial charge on any atom is -0.459 e. The molecule has 0 radical (unpaired) electrons. The number of hydrogen-bond donors (Lipinski definition) is 1. The third-order valence-corrected chi connectivity index (χ3v) is 8.99. The molecule has 7 rings (SSSR count). The number of aromatic amines is 1. The minimum atomic E-state index is -1.27. The second-order valence-corrected chi connectivity index (χ2v) is 12.3. The lowest BCUT2D eigenvalue weighted by molar-refractivity contribution is -0.0609. The molecule has 4 atom stereocenters. The molecular weight excluding hydrogens is 689 g/mol. The van der Waals surface area contributed by atoms with Crippen molar-refractivity contribution in [1.29, 1.82) is 0 Å². The van der Waals surface area contributed by atoms with E-state index in [2.05, 4.69) is 9.97 Å². The van der Waals surface area contributed by atoms with Crippen molar-refractivity contribution in [3.8, 4) is 0 Å². The summed E-state index contributed by atoms with van der Waals surface area (Å²) in [4.78, 5) is 47.8. The van der Waals surface area contributed by atoms with Gasteiger partial charge in [-0.1, -0.05) is 77.8 Å². The Hall–Kier alpha value is -5.07. The maximum atomic E-state index is 13.6. The molecule has 0 amide bonds.